The number of hydrogen-bond acceptors (Lipinski definition) is 4. The Morgan fingerprint density at radius 1 is 0.907 bits per heavy atom. The summed E-state index contributed by atoms with van der Waals surface area (Å²) in [6, 6.07) is 25.7. The summed E-state index contributed by atoms with van der Waals surface area (Å²) in [5, 5.41) is 10.9. The van der Waals surface area contributed by atoms with Crippen molar-refractivity contribution >= 4 is 29.7 Å². The lowest BCUT2D eigenvalue weighted by molar-refractivity contribution is -0.135. The van der Waals surface area contributed by atoms with Crippen molar-refractivity contribution in [2.75, 3.05) is 25.1 Å². The highest BCUT2D eigenvalue weighted by Gasteiger charge is 2.22. The van der Waals surface area contributed by atoms with Crippen molar-refractivity contribution in [3.63, 3.8) is 0 Å². The molecule has 0 fully saturated rings. The van der Waals surface area contributed by atoms with E-state index < -0.39 is 24.5 Å². The van der Waals surface area contributed by atoms with Crippen molar-refractivity contribution < 1.29 is 19.5 Å². The number of urea groups is 1. The van der Waals surface area contributed by atoms with Gasteiger partial charge in [-0.3, -0.25) is 14.5 Å². The number of rotatable bonds is 9. The molecule has 7 heteroatoms. The summed E-state index contributed by atoms with van der Waals surface area (Å²) in [7, 11) is 0. The van der Waals surface area contributed by atoms with Gasteiger partial charge in [-0.05, 0) is 61.6 Å². The molecule has 3 aromatic carbocycles. The molecule has 0 atom stereocenters. The molecule has 43 heavy (non-hydrogen) atoms. The maximum atomic E-state index is 12.6. The van der Waals surface area contributed by atoms with Crippen molar-refractivity contribution in [2.45, 2.75) is 20.3 Å². The topological polar surface area (TPSA) is 86.7 Å². The Hall–Kier alpha value is -4.80. The Balaban J connectivity index is 0.000000469. The van der Waals surface area contributed by atoms with Gasteiger partial charge in [-0.1, -0.05) is 104 Å². The standard InChI is InChI=1S/C21H20N2O4.C8H12S.C7H8/c1-2-14-23(21(27)22-15-19(24)25)20(26)18-12-10-17(11-13-18)9-8-16-6-4-3-5-7-16;1-4-6-8(5-2)7-9-3;1-7-5-3-2-4-6-7/h3-7,10-13H,2,14-15H2,1H3,(H,22,27)(H,24,25);4-6H,1-2,7H2,3H3;2-6H,1H3/b;8-6+;. The van der Waals surface area contributed by atoms with E-state index in [1.165, 1.54) is 11.1 Å². The molecular formula is C36H40N2O4S. The van der Waals surface area contributed by atoms with Gasteiger partial charge in [-0.15, -0.1) is 0 Å². The normalized spacial score (nSPS) is 9.79. The molecule has 3 amide bonds. The van der Waals surface area contributed by atoms with Crippen LogP contribution in [0.2, 0.25) is 0 Å². The molecule has 6 nitrogen and oxygen atoms in total. The first-order valence-electron chi connectivity index (χ1n) is 13.7. The molecular weight excluding hydrogens is 556 g/mol. The summed E-state index contributed by atoms with van der Waals surface area (Å²) in [6.45, 7) is 10.8. The van der Waals surface area contributed by atoms with Crippen molar-refractivity contribution in [1.29, 1.82) is 0 Å². The molecule has 0 saturated heterocycles. The van der Waals surface area contributed by atoms with Crippen LogP contribution in [0, 0.1) is 18.8 Å². The fourth-order valence-corrected chi connectivity index (χ4v) is 3.86. The largest absolute Gasteiger partial charge is 0.480 e. The summed E-state index contributed by atoms with van der Waals surface area (Å²) in [5.74, 6) is 5.42. The maximum Gasteiger partial charge on any atom is 0.324 e. The smallest absolute Gasteiger partial charge is 0.324 e. The second-order valence-corrected chi connectivity index (χ2v) is 9.84. The van der Waals surface area contributed by atoms with Crippen LogP contribution in [0.4, 0.5) is 4.79 Å². The van der Waals surface area contributed by atoms with E-state index in [0.29, 0.717) is 12.0 Å². The minimum Gasteiger partial charge on any atom is -0.480 e. The highest BCUT2D eigenvalue weighted by molar-refractivity contribution is 7.98. The van der Waals surface area contributed by atoms with Gasteiger partial charge < -0.3 is 10.4 Å². The van der Waals surface area contributed by atoms with E-state index in [-0.39, 0.29) is 6.54 Å². The summed E-state index contributed by atoms with van der Waals surface area (Å²) in [6.07, 6.45) is 8.25. The van der Waals surface area contributed by atoms with Gasteiger partial charge in [0.05, 0.1) is 0 Å². The number of hydrogen-bond donors (Lipinski definition) is 2. The Morgan fingerprint density at radius 2 is 1.47 bits per heavy atom. The van der Waals surface area contributed by atoms with Crippen molar-refractivity contribution in [2.24, 2.45) is 0 Å². The zero-order chi connectivity index (χ0) is 31.9. The van der Waals surface area contributed by atoms with Gasteiger partial charge >= 0.3 is 12.0 Å². The molecule has 0 heterocycles. The summed E-state index contributed by atoms with van der Waals surface area (Å²) >= 11 is 1.79. The van der Waals surface area contributed by atoms with Crippen LogP contribution < -0.4 is 5.32 Å². The number of carbonyl (C=O) groups excluding carboxylic acids is 2. The first kappa shape index (κ1) is 36.2. The first-order valence-corrected chi connectivity index (χ1v) is 15.1. The van der Waals surface area contributed by atoms with Gasteiger partial charge in [0.25, 0.3) is 5.91 Å². The Bertz CT molecular complexity index is 1390. The number of amides is 3. The molecule has 3 rings (SSSR count). The Kier molecular flexibility index (Phi) is 18.4. The fraction of sp³-hybridized carbons (Fsp3) is 0.194. The molecule has 0 aliphatic rings. The van der Waals surface area contributed by atoms with Gasteiger partial charge in [0.1, 0.15) is 6.54 Å². The fourth-order valence-electron chi connectivity index (χ4n) is 3.31. The zero-order valence-electron chi connectivity index (χ0n) is 25.1. The third kappa shape index (κ3) is 15.7. The molecule has 2 N–H and O–H groups in total. The molecule has 224 valence electrons. The van der Waals surface area contributed by atoms with E-state index >= 15 is 0 Å². The number of aliphatic carboxylic acids is 1. The number of allylic oxidation sites excluding steroid dienone is 3. The van der Waals surface area contributed by atoms with E-state index in [0.717, 1.165) is 21.8 Å². The molecule has 0 spiro atoms. The second-order valence-electron chi connectivity index (χ2n) is 8.97. The highest BCUT2D eigenvalue weighted by Crippen LogP contribution is 2.09. The quantitative estimate of drug-likeness (QED) is 0.199. The molecule has 3 aromatic rings. The van der Waals surface area contributed by atoms with E-state index in [9.17, 15) is 14.4 Å². The first-order chi connectivity index (χ1) is 20.7. The minimum atomic E-state index is -1.17. The second kappa shape index (κ2) is 21.9. The SMILES string of the molecule is C=C/C=C(\C=C)CSC.CCCN(C(=O)NCC(=O)O)C(=O)c1ccc(C#Cc2ccccc2)cc1.Cc1ccccc1. The number of carboxylic acids is 1. The number of benzene rings is 3. The lowest BCUT2D eigenvalue weighted by atomic mass is 10.1. The average Bonchev–Trinajstić information content (AvgIpc) is 3.03. The number of carboxylic acid groups (broad SMARTS) is 1. The lowest BCUT2D eigenvalue weighted by Crippen LogP contribution is -2.45. The van der Waals surface area contributed by atoms with Crippen molar-refractivity contribution in [3.05, 3.63) is 144 Å². The molecule has 0 aliphatic carbocycles. The zero-order valence-corrected chi connectivity index (χ0v) is 25.9. The highest BCUT2D eigenvalue weighted by atomic mass is 32.2. The van der Waals surface area contributed by atoms with Gasteiger partial charge in [-0.25, -0.2) is 4.79 Å². The van der Waals surface area contributed by atoms with E-state index in [4.69, 9.17) is 5.11 Å². The number of aryl methyl sites for hydroxylation is 1. The predicted molar refractivity (Wildman–Crippen MR) is 179 cm³/mol. The van der Waals surface area contributed by atoms with Crippen LogP contribution in [0.15, 0.2) is 122 Å². The monoisotopic (exact) mass is 596 g/mol. The van der Waals surface area contributed by atoms with Gasteiger partial charge in [0.15, 0.2) is 0 Å². The number of carbonyl (C=O) groups is 3. The third-order valence-corrected chi connectivity index (χ3v) is 6.05. The number of imide groups is 1. The molecule has 0 saturated carbocycles. The summed E-state index contributed by atoms with van der Waals surface area (Å²) in [5.41, 5.74) is 4.52. The summed E-state index contributed by atoms with van der Waals surface area (Å²) < 4.78 is 0. The van der Waals surface area contributed by atoms with Gasteiger partial charge in [-0.2, -0.15) is 11.8 Å². The lowest BCUT2D eigenvalue weighted by Gasteiger charge is -2.20. The van der Waals surface area contributed by atoms with Crippen LogP contribution in [-0.4, -0.2) is 53.0 Å². The van der Waals surface area contributed by atoms with Crippen molar-refractivity contribution in [1.82, 2.24) is 10.2 Å². The summed E-state index contributed by atoms with van der Waals surface area (Å²) in [4.78, 5) is 36.3. The van der Waals surface area contributed by atoms with Crippen molar-refractivity contribution in [3.8, 4) is 11.8 Å². The van der Waals surface area contributed by atoms with Gasteiger partial charge in [0, 0.05) is 29.0 Å². The molecule has 0 radical (unpaired) electrons. The average molecular weight is 597 g/mol. The number of nitrogens with one attached hydrogen (secondary N) is 1. The van der Waals surface area contributed by atoms with Crippen LogP contribution >= 0.6 is 11.8 Å². The third-order valence-electron chi connectivity index (χ3n) is 5.43. The number of thioether (sulfide) groups is 1. The minimum absolute atomic E-state index is 0.194. The van der Waals surface area contributed by atoms with Crippen LogP contribution in [0.3, 0.4) is 0 Å². The molecule has 0 aliphatic heterocycles. The van der Waals surface area contributed by atoms with Crippen LogP contribution in [-0.2, 0) is 4.79 Å². The van der Waals surface area contributed by atoms with Crippen LogP contribution in [0.5, 0.6) is 0 Å². The molecule has 0 unspecified atom stereocenters. The maximum absolute atomic E-state index is 12.6. The van der Waals surface area contributed by atoms with Crippen LogP contribution in [0.1, 0.15) is 40.4 Å². The van der Waals surface area contributed by atoms with E-state index in [1.807, 2.05) is 67.6 Å². The number of nitrogens with zero attached hydrogens (tertiary/aromatic N) is 1. The molecule has 0 aromatic heterocycles. The predicted octanol–water partition coefficient (Wildman–Crippen LogP) is 7.38. The Morgan fingerprint density at radius 3 is 1.91 bits per heavy atom. The van der Waals surface area contributed by atoms with Crippen LogP contribution in [0.25, 0.3) is 0 Å². The van der Waals surface area contributed by atoms with E-state index in [2.05, 4.69) is 55.6 Å². The van der Waals surface area contributed by atoms with Gasteiger partial charge in [0.2, 0.25) is 0 Å². The Labute approximate surface area is 260 Å². The van der Waals surface area contributed by atoms with E-state index in [1.54, 1.807) is 42.1 Å². The molecule has 0 bridgehead atoms.